The lowest BCUT2D eigenvalue weighted by Gasteiger charge is -2.08. The van der Waals surface area contributed by atoms with Gasteiger partial charge in [-0.15, -0.1) is 5.10 Å². The second-order valence-electron chi connectivity index (χ2n) is 4.71. The molecule has 2 N–H and O–H groups in total. The van der Waals surface area contributed by atoms with Crippen LogP contribution in [0.25, 0.3) is 10.8 Å². The first-order chi connectivity index (χ1) is 9.59. The quantitative estimate of drug-likeness (QED) is 0.793. The van der Waals surface area contributed by atoms with Crippen molar-refractivity contribution in [1.82, 2.24) is 10.2 Å². The van der Waals surface area contributed by atoms with Gasteiger partial charge >= 0.3 is 0 Å². The average Bonchev–Trinajstić information content (AvgIpc) is 2.40. The van der Waals surface area contributed by atoms with Gasteiger partial charge in [-0.1, -0.05) is 6.07 Å². The summed E-state index contributed by atoms with van der Waals surface area (Å²) in [5.74, 6) is -0.374. The third-order valence-corrected chi connectivity index (χ3v) is 2.99. The van der Waals surface area contributed by atoms with E-state index in [0.717, 1.165) is 12.8 Å². The Morgan fingerprint density at radius 1 is 1.45 bits per heavy atom. The van der Waals surface area contributed by atoms with E-state index in [1.54, 1.807) is 13.0 Å². The maximum absolute atomic E-state index is 13.6. The van der Waals surface area contributed by atoms with E-state index in [9.17, 15) is 9.18 Å². The summed E-state index contributed by atoms with van der Waals surface area (Å²) in [5.41, 5.74) is -0.570. The number of hydrogen-bond acceptors (Lipinski definition) is 4. The third-order valence-electron chi connectivity index (χ3n) is 2.99. The van der Waals surface area contributed by atoms with Gasteiger partial charge in [0.2, 0.25) is 5.88 Å². The maximum Gasteiger partial charge on any atom is 0.275 e. The molecular weight excluding hydrogens is 263 g/mol. The molecule has 0 spiro atoms. The van der Waals surface area contributed by atoms with Crippen LogP contribution < -0.4 is 10.3 Å². The zero-order valence-corrected chi connectivity index (χ0v) is 11.2. The normalized spacial score (nSPS) is 12.6. The lowest BCUT2D eigenvalue weighted by atomic mass is 10.2. The Balaban J connectivity index is 2.10. The fourth-order valence-electron chi connectivity index (χ4n) is 1.97. The summed E-state index contributed by atoms with van der Waals surface area (Å²) >= 11 is 0. The van der Waals surface area contributed by atoms with Gasteiger partial charge in [-0.05, 0) is 38.3 Å². The highest BCUT2D eigenvalue weighted by atomic mass is 19.1. The Morgan fingerprint density at radius 3 is 3.00 bits per heavy atom. The Morgan fingerprint density at radius 2 is 2.25 bits per heavy atom. The van der Waals surface area contributed by atoms with Gasteiger partial charge in [0.15, 0.2) is 0 Å². The summed E-state index contributed by atoms with van der Waals surface area (Å²) in [6, 6.07) is 4.34. The molecular formula is C14H17FN2O3. The van der Waals surface area contributed by atoms with Crippen LogP contribution in [0.2, 0.25) is 0 Å². The molecule has 0 fully saturated rings. The van der Waals surface area contributed by atoms with Crippen molar-refractivity contribution >= 4 is 10.8 Å². The number of rotatable bonds is 6. The number of H-pyrrole nitrogens is 1. The van der Waals surface area contributed by atoms with Gasteiger partial charge in [-0.3, -0.25) is 4.79 Å². The van der Waals surface area contributed by atoms with E-state index < -0.39 is 11.4 Å². The summed E-state index contributed by atoms with van der Waals surface area (Å²) in [5, 5.41) is 15.5. The number of aromatic nitrogens is 2. The van der Waals surface area contributed by atoms with E-state index in [2.05, 4.69) is 10.2 Å². The predicted molar refractivity (Wildman–Crippen MR) is 73.3 cm³/mol. The Hall–Kier alpha value is -1.95. The number of nitrogens with zero attached hydrogens (tertiary/aromatic N) is 1. The molecule has 0 aliphatic carbocycles. The number of fused-ring (bicyclic) bond motifs is 1. The second kappa shape index (κ2) is 6.47. The number of aromatic amines is 1. The first kappa shape index (κ1) is 14.5. The number of aliphatic hydroxyl groups is 1. The molecule has 0 unspecified atom stereocenters. The topological polar surface area (TPSA) is 75.2 Å². The summed E-state index contributed by atoms with van der Waals surface area (Å²) in [4.78, 5) is 11.6. The van der Waals surface area contributed by atoms with E-state index in [1.807, 2.05) is 0 Å². The summed E-state index contributed by atoms with van der Waals surface area (Å²) in [6.45, 7) is 2.14. The highest BCUT2D eigenvalue weighted by Crippen LogP contribution is 2.21. The molecule has 0 bridgehead atoms. The largest absolute Gasteiger partial charge is 0.476 e. The minimum atomic E-state index is -0.592. The van der Waals surface area contributed by atoms with Crippen molar-refractivity contribution in [2.75, 3.05) is 6.61 Å². The van der Waals surface area contributed by atoms with Crippen LogP contribution >= 0.6 is 0 Å². The van der Waals surface area contributed by atoms with Gasteiger partial charge < -0.3 is 9.84 Å². The van der Waals surface area contributed by atoms with E-state index in [4.69, 9.17) is 9.84 Å². The first-order valence-corrected chi connectivity index (χ1v) is 6.57. The Kier molecular flexibility index (Phi) is 4.68. The molecule has 0 aliphatic heterocycles. The van der Waals surface area contributed by atoms with Crippen molar-refractivity contribution in [1.29, 1.82) is 0 Å². The van der Waals surface area contributed by atoms with Crippen LogP contribution in [0.1, 0.15) is 26.2 Å². The van der Waals surface area contributed by atoms with Crippen molar-refractivity contribution in [3.8, 4) is 5.88 Å². The van der Waals surface area contributed by atoms with Crippen molar-refractivity contribution in [3.63, 3.8) is 0 Å². The molecule has 0 saturated heterocycles. The fraction of sp³-hybridized carbons (Fsp3) is 0.429. The third kappa shape index (κ3) is 3.33. The zero-order valence-electron chi connectivity index (χ0n) is 11.2. The van der Waals surface area contributed by atoms with Crippen LogP contribution in [0.3, 0.4) is 0 Å². The van der Waals surface area contributed by atoms with Crippen LogP contribution in [-0.2, 0) is 0 Å². The molecule has 5 nitrogen and oxygen atoms in total. The highest BCUT2D eigenvalue weighted by molar-refractivity contribution is 5.86. The van der Waals surface area contributed by atoms with Gasteiger partial charge in [0.05, 0.1) is 23.5 Å². The highest BCUT2D eigenvalue weighted by Gasteiger charge is 2.11. The predicted octanol–water partition coefficient (Wildman–Crippen LogP) is 1.99. The average molecular weight is 280 g/mol. The van der Waals surface area contributed by atoms with Gasteiger partial charge in [-0.25, -0.2) is 9.49 Å². The smallest absolute Gasteiger partial charge is 0.275 e. The number of hydrogen-bond donors (Lipinski definition) is 2. The molecule has 0 amide bonds. The molecule has 6 heteroatoms. The number of nitrogens with one attached hydrogen (secondary N) is 1. The molecule has 0 aliphatic rings. The fourth-order valence-corrected chi connectivity index (χ4v) is 1.97. The maximum atomic E-state index is 13.6. The first-order valence-electron chi connectivity index (χ1n) is 6.57. The number of unbranched alkanes of at least 4 members (excludes halogenated alkanes) is 1. The number of halogens is 1. The monoisotopic (exact) mass is 280 g/mol. The van der Waals surface area contributed by atoms with Crippen molar-refractivity contribution in [3.05, 3.63) is 34.4 Å². The number of ether oxygens (including phenoxy) is 1. The molecule has 20 heavy (non-hydrogen) atoms. The van der Waals surface area contributed by atoms with Crippen LogP contribution in [0.4, 0.5) is 4.39 Å². The van der Waals surface area contributed by atoms with Crippen molar-refractivity contribution in [2.24, 2.45) is 0 Å². The number of benzene rings is 1. The molecule has 1 heterocycles. The van der Waals surface area contributed by atoms with Crippen molar-refractivity contribution in [2.45, 2.75) is 32.3 Å². The minimum absolute atomic E-state index is 0.0403. The van der Waals surface area contributed by atoms with Gasteiger partial charge in [-0.2, -0.15) is 0 Å². The SMILES string of the molecule is C[C@@H](O)CCCCOc1n[nH]c(=O)c2c(F)cccc12. The molecule has 2 rings (SSSR count). The Labute approximate surface area is 115 Å². The molecule has 0 radical (unpaired) electrons. The molecule has 0 saturated carbocycles. The van der Waals surface area contributed by atoms with Crippen LogP contribution in [0.5, 0.6) is 5.88 Å². The van der Waals surface area contributed by atoms with E-state index >= 15 is 0 Å². The molecule has 2 aromatic rings. The van der Waals surface area contributed by atoms with Gasteiger partial charge in [0.25, 0.3) is 5.56 Å². The zero-order chi connectivity index (χ0) is 14.5. The Bertz CT molecular complexity index is 640. The lowest BCUT2D eigenvalue weighted by molar-refractivity contribution is 0.176. The molecule has 1 atom stereocenters. The van der Waals surface area contributed by atoms with E-state index in [1.165, 1.54) is 12.1 Å². The summed E-state index contributed by atoms with van der Waals surface area (Å²) in [6.07, 6.45) is 1.96. The van der Waals surface area contributed by atoms with Crippen molar-refractivity contribution < 1.29 is 14.2 Å². The number of aliphatic hydroxyl groups excluding tert-OH is 1. The van der Waals surface area contributed by atoms with Gasteiger partial charge in [0.1, 0.15) is 5.82 Å². The van der Waals surface area contributed by atoms with Crippen LogP contribution in [0.15, 0.2) is 23.0 Å². The standard InChI is InChI=1S/C14H17FN2O3/c1-9(18)5-2-3-8-20-14-10-6-4-7-11(15)12(10)13(19)16-17-14/h4,6-7,9,18H,2-3,5,8H2,1H3,(H,16,19)/t9-/m1/s1. The minimum Gasteiger partial charge on any atom is -0.476 e. The summed E-state index contributed by atoms with van der Waals surface area (Å²) < 4.78 is 19.1. The van der Waals surface area contributed by atoms with E-state index in [-0.39, 0.29) is 17.4 Å². The van der Waals surface area contributed by atoms with E-state index in [0.29, 0.717) is 18.4 Å². The summed E-state index contributed by atoms with van der Waals surface area (Å²) in [7, 11) is 0. The van der Waals surface area contributed by atoms with Gasteiger partial charge in [0, 0.05) is 0 Å². The second-order valence-corrected chi connectivity index (χ2v) is 4.71. The molecule has 1 aromatic carbocycles. The molecule has 108 valence electrons. The van der Waals surface area contributed by atoms with Crippen LogP contribution in [-0.4, -0.2) is 28.0 Å². The van der Waals surface area contributed by atoms with Crippen LogP contribution in [0, 0.1) is 5.82 Å². The molecule has 1 aromatic heterocycles. The lowest BCUT2D eigenvalue weighted by Crippen LogP contribution is -2.12.